The van der Waals surface area contributed by atoms with Crippen molar-refractivity contribution < 1.29 is 29.0 Å². The molecule has 2 unspecified atom stereocenters. The van der Waals surface area contributed by atoms with Crippen molar-refractivity contribution in [1.82, 2.24) is 4.90 Å². The number of hydrogen-bond donors (Lipinski definition) is 1. The summed E-state index contributed by atoms with van der Waals surface area (Å²) in [5, 5.41) is 9.83. The molecule has 7 nitrogen and oxygen atoms in total. The lowest BCUT2D eigenvalue weighted by Gasteiger charge is -2.39. The minimum Gasteiger partial charge on any atom is -0.480 e. The summed E-state index contributed by atoms with van der Waals surface area (Å²) in [6, 6.07) is 4.62. The van der Waals surface area contributed by atoms with Gasteiger partial charge in [-0.3, -0.25) is 9.59 Å². The number of Topliss-reactive ketones (excluding diaryl/α,β-unsaturated/α-hetero) is 1. The second-order valence-corrected chi connectivity index (χ2v) is 8.50. The highest BCUT2D eigenvalue weighted by molar-refractivity contribution is 6.38. The van der Waals surface area contributed by atoms with Crippen LogP contribution in [0.3, 0.4) is 0 Å². The molecule has 1 fully saturated rings. The Kier molecular flexibility index (Phi) is 6.48. The van der Waals surface area contributed by atoms with Crippen molar-refractivity contribution in [2.45, 2.75) is 52.5 Å². The molecule has 2 aliphatic heterocycles. The zero-order chi connectivity index (χ0) is 21.9. The minimum absolute atomic E-state index is 0.211. The topological polar surface area (TPSA) is 93.1 Å². The Hall–Kier alpha value is -2.83. The molecular formula is C23H29NO6. The van der Waals surface area contributed by atoms with Gasteiger partial charge < -0.3 is 19.5 Å². The van der Waals surface area contributed by atoms with Crippen molar-refractivity contribution in [1.29, 1.82) is 0 Å². The van der Waals surface area contributed by atoms with E-state index in [1.807, 2.05) is 37.3 Å². The van der Waals surface area contributed by atoms with Crippen LogP contribution in [0, 0.1) is 11.3 Å². The highest BCUT2D eigenvalue weighted by atomic mass is 16.7. The number of likely N-dealkylation sites (tertiary alicyclic amines) is 1. The van der Waals surface area contributed by atoms with E-state index in [4.69, 9.17) is 9.47 Å². The van der Waals surface area contributed by atoms with Crippen LogP contribution in [0.2, 0.25) is 0 Å². The number of hydrogen-bond acceptors (Lipinski definition) is 5. The number of aliphatic carboxylic acids is 1. The van der Waals surface area contributed by atoms with Crippen LogP contribution in [-0.2, 0) is 14.4 Å². The average Bonchev–Trinajstić information content (AvgIpc) is 3.20. The van der Waals surface area contributed by atoms with Crippen molar-refractivity contribution in [3.63, 3.8) is 0 Å². The lowest BCUT2D eigenvalue weighted by molar-refractivity contribution is -0.160. The lowest BCUT2D eigenvalue weighted by atomic mass is 9.82. The van der Waals surface area contributed by atoms with Gasteiger partial charge >= 0.3 is 5.97 Å². The van der Waals surface area contributed by atoms with Gasteiger partial charge in [-0.2, -0.15) is 0 Å². The summed E-state index contributed by atoms with van der Waals surface area (Å²) >= 11 is 0. The summed E-state index contributed by atoms with van der Waals surface area (Å²) in [5.41, 5.74) is 0.126. The van der Waals surface area contributed by atoms with Gasteiger partial charge in [0.05, 0.1) is 0 Å². The molecule has 1 aromatic carbocycles. The van der Waals surface area contributed by atoms with Crippen LogP contribution in [0.25, 0.3) is 6.08 Å². The smallest absolute Gasteiger partial charge is 0.326 e. The molecule has 0 spiro atoms. The quantitative estimate of drug-likeness (QED) is 0.685. The van der Waals surface area contributed by atoms with Gasteiger partial charge in [0, 0.05) is 12.0 Å². The highest BCUT2D eigenvalue weighted by Gasteiger charge is 2.43. The first kappa shape index (κ1) is 21.9. The monoisotopic (exact) mass is 415 g/mol. The van der Waals surface area contributed by atoms with Gasteiger partial charge in [0.25, 0.3) is 5.91 Å². The molecule has 0 saturated carbocycles. The Balaban J connectivity index is 1.72. The summed E-state index contributed by atoms with van der Waals surface area (Å²) in [7, 11) is 0. The largest absolute Gasteiger partial charge is 0.480 e. The van der Waals surface area contributed by atoms with E-state index in [9.17, 15) is 19.5 Å². The Bertz CT molecular complexity index is 859. The number of carboxylic acids is 1. The summed E-state index contributed by atoms with van der Waals surface area (Å²) in [6.07, 6.45) is 6.22. The number of carbonyl (C=O) groups is 3. The average molecular weight is 415 g/mol. The van der Waals surface area contributed by atoms with E-state index >= 15 is 0 Å². The summed E-state index contributed by atoms with van der Waals surface area (Å²) < 4.78 is 10.7. The molecule has 2 aliphatic rings. The third-order valence-corrected chi connectivity index (χ3v) is 6.11. The molecule has 1 amide bonds. The van der Waals surface area contributed by atoms with Crippen LogP contribution in [0.5, 0.6) is 11.5 Å². The number of benzene rings is 1. The Labute approximate surface area is 176 Å². The molecule has 0 radical (unpaired) electrons. The Morgan fingerprint density at radius 2 is 1.97 bits per heavy atom. The molecule has 1 saturated heterocycles. The fourth-order valence-corrected chi connectivity index (χ4v) is 3.86. The number of carboxylic acid groups (broad SMARTS) is 1. The van der Waals surface area contributed by atoms with Crippen LogP contribution in [-0.4, -0.2) is 47.0 Å². The first-order valence-corrected chi connectivity index (χ1v) is 10.4. The van der Waals surface area contributed by atoms with E-state index in [2.05, 4.69) is 0 Å². The van der Waals surface area contributed by atoms with Gasteiger partial charge in [-0.15, -0.1) is 0 Å². The predicted molar refractivity (Wildman–Crippen MR) is 111 cm³/mol. The molecule has 0 aromatic heterocycles. The normalized spacial score (nSPS) is 21.1. The number of fused-ring (bicyclic) bond motifs is 1. The minimum atomic E-state index is -1.06. The molecule has 30 heavy (non-hydrogen) atoms. The molecule has 2 heterocycles. The van der Waals surface area contributed by atoms with Crippen LogP contribution >= 0.6 is 0 Å². The van der Waals surface area contributed by atoms with E-state index in [1.165, 1.54) is 4.90 Å². The van der Waals surface area contributed by atoms with Crippen molar-refractivity contribution in [3.8, 4) is 11.5 Å². The number of nitrogens with zero attached hydrogens (tertiary/aromatic N) is 1. The van der Waals surface area contributed by atoms with E-state index in [0.29, 0.717) is 43.7 Å². The van der Waals surface area contributed by atoms with Crippen LogP contribution in [0.1, 0.15) is 52.0 Å². The lowest BCUT2D eigenvalue weighted by Crippen LogP contribution is -2.56. The number of piperidine rings is 1. The van der Waals surface area contributed by atoms with Crippen LogP contribution in [0.4, 0.5) is 0 Å². The first-order chi connectivity index (χ1) is 14.2. The molecular weight excluding hydrogens is 386 g/mol. The number of amides is 1. The van der Waals surface area contributed by atoms with Gasteiger partial charge in [0.15, 0.2) is 11.5 Å². The third kappa shape index (κ3) is 4.50. The molecule has 1 aromatic rings. The Morgan fingerprint density at radius 3 is 2.67 bits per heavy atom. The van der Waals surface area contributed by atoms with Crippen LogP contribution in [0.15, 0.2) is 24.3 Å². The van der Waals surface area contributed by atoms with Gasteiger partial charge in [0.1, 0.15) is 6.04 Å². The maximum atomic E-state index is 12.8. The summed E-state index contributed by atoms with van der Waals surface area (Å²) in [6.45, 7) is 5.79. The number of ether oxygens (including phenoxy) is 2. The molecule has 162 valence electrons. The zero-order valence-electron chi connectivity index (χ0n) is 17.7. The standard InChI is InChI=1S/C23H29NO6/c1-4-23(2,3)20(25)21(26)24-12-6-9-16(19(24)22(27)28)8-5-7-15-10-11-17-18(13-15)30-14-29-17/h5,7,10-11,13,16,19H,4,6,8-9,12,14H2,1-3H3,(H,27,28). The summed E-state index contributed by atoms with van der Waals surface area (Å²) in [5.74, 6) is -1.12. The Morgan fingerprint density at radius 1 is 1.23 bits per heavy atom. The van der Waals surface area contributed by atoms with E-state index in [0.717, 1.165) is 5.56 Å². The van der Waals surface area contributed by atoms with Gasteiger partial charge in [-0.05, 0) is 49.3 Å². The molecule has 3 rings (SSSR count). The van der Waals surface area contributed by atoms with E-state index in [1.54, 1.807) is 13.8 Å². The third-order valence-electron chi connectivity index (χ3n) is 6.11. The molecule has 1 N–H and O–H groups in total. The highest BCUT2D eigenvalue weighted by Crippen LogP contribution is 2.33. The first-order valence-electron chi connectivity index (χ1n) is 10.4. The maximum Gasteiger partial charge on any atom is 0.326 e. The predicted octanol–water partition coefficient (Wildman–Crippen LogP) is 3.52. The van der Waals surface area contributed by atoms with E-state index in [-0.39, 0.29) is 12.7 Å². The van der Waals surface area contributed by atoms with Crippen LogP contribution < -0.4 is 9.47 Å². The molecule has 0 aliphatic carbocycles. The van der Waals surface area contributed by atoms with Gasteiger partial charge in [0.2, 0.25) is 12.6 Å². The summed E-state index contributed by atoms with van der Waals surface area (Å²) in [4.78, 5) is 38.8. The maximum absolute atomic E-state index is 12.8. The SMILES string of the molecule is CCC(C)(C)C(=O)C(=O)N1CCCC(CC=Cc2ccc3c(c2)OCO3)C1C(=O)O. The fourth-order valence-electron chi connectivity index (χ4n) is 3.86. The number of rotatable bonds is 7. The van der Waals surface area contributed by atoms with Crippen molar-refractivity contribution in [2.24, 2.45) is 11.3 Å². The second kappa shape index (κ2) is 8.90. The van der Waals surface area contributed by atoms with Crippen molar-refractivity contribution in [2.75, 3.05) is 13.3 Å². The number of ketones is 1. The molecule has 2 atom stereocenters. The number of allylic oxidation sites excluding steroid dienone is 1. The van der Waals surface area contributed by atoms with Crippen molar-refractivity contribution >= 4 is 23.7 Å². The fraction of sp³-hybridized carbons (Fsp3) is 0.522. The van der Waals surface area contributed by atoms with Crippen molar-refractivity contribution in [3.05, 3.63) is 29.8 Å². The van der Waals surface area contributed by atoms with Gasteiger partial charge in [-0.1, -0.05) is 39.0 Å². The molecule has 0 bridgehead atoms. The second-order valence-electron chi connectivity index (χ2n) is 8.50. The van der Waals surface area contributed by atoms with Gasteiger partial charge in [-0.25, -0.2) is 4.79 Å². The molecule has 7 heteroatoms. The van der Waals surface area contributed by atoms with E-state index < -0.39 is 29.1 Å². The number of carbonyl (C=O) groups excluding carboxylic acids is 2. The zero-order valence-corrected chi connectivity index (χ0v) is 17.7.